The quantitative estimate of drug-likeness (QED) is 0.799. The van der Waals surface area contributed by atoms with Gasteiger partial charge in [0.05, 0.1) is 6.04 Å². The molecule has 0 bridgehead atoms. The molecule has 2 N–H and O–H groups in total. The van der Waals surface area contributed by atoms with E-state index in [1.54, 1.807) is 0 Å². The van der Waals surface area contributed by atoms with Gasteiger partial charge in [-0.2, -0.15) is 0 Å². The van der Waals surface area contributed by atoms with Gasteiger partial charge in [0.15, 0.2) is 0 Å². The van der Waals surface area contributed by atoms with Crippen molar-refractivity contribution in [3.63, 3.8) is 0 Å². The van der Waals surface area contributed by atoms with E-state index in [0.717, 1.165) is 25.1 Å². The normalized spacial score (nSPS) is 23.7. The number of hydrogen-bond acceptors (Lipinski definition) is 2. The number of carbonyl (C=O) groups is 1. The summed E-state index contributed by atoms with van der Waals surface area (Å²) in [4.78, 5) is 12.1. The molecule has 1 aliphatic rings. The summed E-state index contributed by atoms with van der Waals surface area (Å²) in [6.07, 6.45) is 2.08. The zero-order chi connectivity index (χ0) is 13.1. The highest BCUT2D eigenvalue weighted by Gasteiger charge is 2.24. The first-order chi connectivity index (χ1) is 8.56. The van der Waals surface area contributed by atoms with E-state index in [9.17, 15) is 4.79 Å². The summed E-state index contributed by atoms with van der Waals surface area (Å²) in [6, 6.07) is 5.96. The SMILES string of the molecule is Cc1ccc(NC(=O)C2CC(C)CCN2)cc1I. The number of halogens is 1. The van der Waals surface area contributed by atoms with Crippen LogP contribution in [0.1, 0.15) is 25.3 Å². The fraction of sp³-hybridized carbons (Fsp3) is 0.500. The van der Waals surface area contributed by atoms with E-state index in [-0.39, 0.29) is 11.9 Å². The van der Waals surface area contributed by atoms with Crippen molar-refractivity contribution in [1.82, 2.24) is 5.32 Å². The van der Waals surface area contributed by atoms with Gasteiger partial charge >= 0.3 is 0 Å². The minimum Gasteiger partial charge on any atom is -0.325 e. The fourth-order valence-corrected chi connectivity index (χ4v) is 2.72. The van der Waals surface area contributed by atoms with Crippen LogP contribution >= 0.6 is 22.6 Å². The number of nitrogens with one attached hydrogen (secondary N) is 2. The van der Waals surface area contributed by atoms with Crippen LogP contribution in [-0.2, 0) is 4.79 Å². The Morgan fingerprint density at radius 1 is 1.50 bits per heavy atom. The number of carbonyl (C=O) groups excluding carboxylic acids is 1. The molecule has 98 valence electrons. The predicted octanol–water partition coefficient (Wildman–Crippen LogP) is 2.93. The molecule has 3 nitrogen and oxygen atoms in total. The summed E-state index contributed by atoms with van der Waals surface area (Å²) in [6.45, 7) is 5.21. The standard InChI is InChI=1S/C14H19IN2O/c1-9-5-6-16-13(7-9)14(18)17-11-4-3-10(2)12(15)8-11/h3-4,8-9,13,16H,5-7H2,1-2H3,(H,17,18). The van der Waals surface area contributed by atoms with E-state index in [2.05, 4.69) is 47.1 Å². The Morgan fingerprint density at radius 2 is 2.28 bits per heavy atom. The molecule has 1 fully saturated rings. The minimum absolute atomic E-state index is 0.0484. The summed E-state index contributed by atoms with van der Waals surface area (Å²) in [7, 11) is 0. The van der Waals surface area contributed by atoms with Crippen LogP contribution in [0.15, 0.2) is 18.2 Å². The third-order valence-corrected chi connectivity index (χ3v) is 4.58. The second-order valence-corrected chi connectivity index (χ2v) is 6.25. The molecular weight excluding hydrogens is 339 g/mol. The van der Waals surface area contributed by atoms with Crippen molar-refractivity contribution in [2.45, 2.75) is 32.7 Å². The Hall–Kier alpha value is -0.620. The number of hydrogen-bond donors (Lipinski definition) is 2. The number of piperidine rings is 1. The average Bonchev–Trinajstić information content (AvgIpc) is 2.34. The lowest BCUT2D eigenvalue weighted by Gasteiger charge is -2.27. The molecule has 1 saturated heterocycles. The lowest BCUT2D eigenvalue weighted by molar-refractivity contribution is -0.119. The molecule has 18 heavy (non-hydrogen) atoms. The first-order valence-electron chi connectivity index (χ1n) is 6.36. The maximum Gasteiger partial charge on any atom is 0.241 e. The van der Waals surface area contributed by atoms with Crippen LogP contribution in [0.25, 0.3) is 0 Å². The van der Waals surface area contributed by atoms with Gasteiger partial charge in [-0.1, -0.05) is 13.0 Å². The van der Waals surface area contributed by atoms with Crippen molar-refractivity contribution in [1.29, 1.82) is 0 Å². The first-order valence-corrected chi connectivity index (χ1v) is 7.44. The first kappa shape index (κ1) is 13.8. The lowest BCUT2D eigenvalue weighted by Crippen LogP contribution is -2.45. The Morgan fingerprint density at radius 3 is 2.94 bits per heavy atom. The van der Waals surface area contributed by atoms with Gasteiger partial charge in [-0.15, -0.1) is 0 Å². The highest BCUT2D eigenvalue weighted by molar-refractivity contribution is 14.1. The van der Waals surface area contributed by atoms with E-state index < -0.39 is 0 Å². The number of aryl methyl sites for hydroxylation is 1. The third-order valence-electron chi connectivity index (χ3n) is 3.42. The molecule has 1 aromatic carbocycles. The monoisotopic (exact) mass is 358 g/mol. The van der Waals surface area contributed by atoms with Gasteiger partial charge in [-0.05, 0) is 72.5 Å². The lowest BCUT2D eigenvalue weighted by atomic mass is 9.94. The molecule has 0 radical (unpaired) electrons. The highest BCUT2D eigenvalue weighted by Crippen LogP contribution is 2.19. The van der Waals surface area contributed by atoms with Crippen LogP contribution in [0.4, 0.5) is 5.69 Å². The number of amides is 1. The second kappa shape index (κ2) is 6.02. The molecule has 4 heteroatoms. The fourth-order valence-electron chi connectivity index (χ4n) is 2.21. The molecular formula is C14H19IN2O. The van der Waals surface area contributed by atoms with E-state index >= 15 is 0 Å². The third kappa shape index (κ3) is 3.45. The minimum atomic E-state index is -0.0484. The van der Waals surface area contributed by atoms with Crippen LogP contribution < -0.4 is 10.6 Å². The van der Waals surface area contributed by atoms with Gasteiger partial charge in [0.2, 0.25) is 5.91 Å². The Bertz CT molecular complexity index is 447. The summed E-state index contributed by atoms with van der Waals surface area (Å²) in [5.41, 5.74) is 2.12. The van der Waals surface area contributed by atoms with Gasteiger partial charge in [0.25, 0.3) is 0 Å². The van der Waals surface area contributed by atoms with E-state index in [1.807, 2.05) is 18.2 Å². The molecule has 0 aliphatic carbocycles. The number of anilines is 1. The van der Waals surface area contributed by atoms with Crippen LogP contribution in [0, 0.1) is 16.4 Å². The van der Waals surface area contributed by atoms with E-state index in [1.165, 1.54) is 9.13 Å². The van der Waals surface area contributed by atoms with Crippen LogP contribution in [0.2, 0.25) is 0 Å². The van der Waals surface area contributed by atoms with Crippen molar-refractivity contribution < 1.29 is 4.79 Å². The highest BCUT2D eigenvalue weighted by atomic mass is 127. The number of benzene rings is 1. The van der Waals surface area contributed by atoms with Crippen molar-refractivity contribution in [3.05, 3.63) is 27.3 Å². The largest absolute Gasteiger partial charge is 0.325 e. The average molecular weight is 358 g/mol. The zero-order valence-corrected chi connectivity index (χ0v) is 13.0. The van der Waals surface area contributed by atoms with Gasteiger partial charge < -0.3 is 10.6 Å². The molecule has 0 saturated carbocycles. The summed E-state index contributed by atoms with van der Waals surface area (Å²) in [5.74, 6) is 0.710. The Balaban J connectivity index is 2.00. The Labute approximate surface area is 122 Å². The molecule has 2 rings (SSSR count). The predicted molar refractivity (Wildman–Crippen MR) is 82.7 cm³/mol. The zero-order valence-electron chi connectivity index (χ0n) is 10.8. The van der Waals surface area contributed by atoms with Crippen LogP contribution in [0.5, 0.6) is 0 Å². The molecule has 0 spiro atoms. The molecule has 1 aromatic rings. The van der Waals surface area contributed by atoms with E-state index in [0.29, 0.717) is 5.92 Å². The molecule has 1 amide bonds. The summed E-state index contributed by atoms with van der Waals surface area (Å²) < 4.78 is 1.18. The van der Waals surface area contributed by atoms with Crippen LogP contribution in [0.3, 0.4) is 0 Å². The summed E-state index contributed by atoms with van der Waals surface area (Å²) in [5, 5.41) is 6.28. The summed E-state index contributed by atoms with van der Waals surface area (Å²) >= 11 is 2.29. The smallest absolute Gasteiger partial charge is 0.241 e. The van der Waals surface area contributed by atoms with Gasteiger partial charge in [-0.25, -0.2) is 0 Å². The number of rotatable bonds is 2. The van der Waals surface area contributed by atoms with Gasteiger partial charge in [0, 0.05) is 9.26 Å². The van der Waals surface area contributed by atoms with Crippen molar-refractivity contribution in [2.24, 2.45) is 5.92 Å². The molecule has 1 heterocycles. The topological polar surface area (TPSA) is 41.1 Å². The van der Waals surface area contributed by atoms with Gasteiger partial charge in [-0.3, -0.25) is 4.79 Å². The van der Waals surface area contributed by atoms with E-state index in [4.69, 9.17) is 0 Å². The second-order valence-electron chi connectivity index (χ2n) is 5.09. The maximum atomic E-state index is 12.1. The van der Waals surface area contributed by atoms with Crippen molar-refractivity contribution in [2.75, 3.05) is 11.9 Å². The molecule has 2 unspecified atom stereocenters. The van der Waals surface area contributed by atoms with Gasteiger partial charge in [0.1, 0.15) is 0 Å². The maximum absolute atomic E-state index is 12.1. The Kier molecular flexibility index (Phi) is 4.61. The van der Waals surface area contributed by atoms with Crippen molar-refractivity contribution in [3.8, 4) is 0 Å². The van der Waals surface area contributed by atoms with Crippen molar-refractivity contribution >= 4 is 34.2 Å². The molecule has 2 atom stereocenters. The molecule has 1 aliphatic heterocycles. The van der Waals surface area contributed by atoms with Crippen LogP contribution in [-0.4, -0.2) is 18.5 Å². The molecule has 0 aromatic heterocycles.